The van der Waals surface area contributed by atoms with Gasteiger partial charge in [0.1, 0.15) is 0 Å². The van der Waals surface area contributed by atoms with Crippen LogP contribution in [0.15, 0.2) is 11.6 Å². The van der Waals surface area contributed by atoms with Gasteiger partial charge in [-0.15, -0.1) is 0 Å². The van der Waals surface area contributed by atoms with Crippen molar-refractivity contribution in [2.45, 2.75) is 25.8 Å². The second kappa shape index (κ2) is 6.45. The number of nitriles is 1. The molecule has 1 heterocycles. The van der Waals surface area contributed by atoms with Gasteiger partial charge in [-0.1, -0.05) is 5.57 Å². The van der Waals surface area contributed by atoms with Crippen LogP contribution in [-0.2, 0) is 19.1 Å². The molecule has 1 aliphatic rings. The summed E-state index contributed by atoms with van der Waals surface area (Å²) >= 11 is 4.85. The first-order valence-corrected chi connectivity index (χ1v) is 6.46. The minimum absolute atomic E-state index is 0.123. The van der Waals surface area contributed by atoms with Crippen LogP contribution in [0, 0.1) is 17.2 Å². The number of nitrogens with zero attached hydrogens (tertiary/aromatic N) is 1. The van der Waals surface area contributed by atoms with E-state index in [1.165, 1.54) is 6.08 Å². The summed E-state index contributed by atoms with van der Waals surface area (Å²) in [5.41, 5.74) is -1.08. The Morgan fingerprint density at radius 3 is 2.62 bits per heavy atom. The third kappa shape index (κ3) is 3.44. The van der Waals surface area contributed by atoms with Crippen LogP contribution < -0.4 is 10.6 Å². The number of esters is 1. The molecule has 21 heavy (non-hydrogen) atoms. The molecule has 0 saturated carbocycles. The first kappa shape index (κ1) is 16.8. The third-order valence-electron chi connectivity index (χ3n) is 2.91. The molecule has 1 saturated heterocycles. The molecule has 8 heteroatoms. The number of hydrogen-bond acceptors (Lipinski definition) is 6. The van der Waals surface area contributed by atoms with E-state index in [9.17, 15) is 19.6 Å². The van der Waals surface area contributed by atoms with Crippen molar-refractivity contribution in [3.63, 3.8) is 0 Å². The van der Waals surface area contributed by atoms with Crippen molar-refractivity contribution in [1.29, 1.82) is 5.26 Å². The Labute approximate surface area is 127 Å². The Balaban J connectivity index is 3.30. The molecule has 0 spiro atoms. The van der Waals surface area contributed by atoms with Crippen LogP contribution in [0.2, 0.25) is 0 Å². The maximum Gasteiger partial charge on any atom is 0.334 e. The molecule has 1 amide bonds. The predicted octanol–water partition coefficient (Wildman–Crippen LogP) is -0.0323. The van der Waals surface area contributed by atoms with Crippen LogP contribution in [0.5, 0.6) is 0 Å². The highest BCUT2D eigenvalue weighted by atomic mass is 32.1. The molecule has 1 rings (SSSR count). The summed E-state index contributed by atoms with van der Waals surface area (Å²) < 4.78 is 4.66. The molecule has 0 radical (unpaired) electrons. The van der Waals surface area contributed by atoms with Crippen molar-refractivity contribution in [2.24, 2.45) is 5.92 Å². The van der Waals surface area contributed by atoms with Gasteiger partial charge >= 0.3 is 5.97 Å². The number of thiocarbonyl (C=S) groups is 1. The number of amides is 1. The van der Waals surface area contributed by atoms with E-state index in [0.29, 0.717) is 0 Å². The van der Waals surface area contributed by atoms with E-state index in [2.05, 4.69) is 15.4 Å². The summed E-state index contributed by atoms with van der Waals surface area (Å²) in [5.74, 6) is -3.46. The van der Waals surface area contributed by atoms with Crippen LogP contribution in [0.25, 0.3) is 0 Å². The highest BCUT2D eigenvalue weighted by molar-refractivity contribution is 7.80. The van der Waals surface area contributed by atoms with Crippen LogP contribution in [0.3, 0.4) is 0 Å². The zero-order chi connectivity index (χ0) is 16.2. The monoisotopic (exact) mass is 309 g/mol. The lowest BCUT2D eigenvalue weighted by Gasteiger charge is -2.38. The van der Waals surface area contributed by atoms with Crippen LogP contribution in [-0.4, -0.2) is 35.4 Å². The largest absolute Gasteiger partial charge is 0.467 e. The molecule has 0 aromatic rings. The fourth-order valence-corrected chi connectivity index (χ4v) is 2.38. The Bertz CT molecular complexity index is 574. The first-order chi connectivity index (χ1) is 9.76. The lowest BCUT2D eigenvalue weighted by atomic mass is 9.78. The van der Waals surface area contributed by atoms with Gasteiger partial charge < -0.3 is 15.4 Å². The van der Waals surface area contributed by atoms with E-state index in [1.807, 2.05) is 0 Å². The molecule has 2 atom stereocenters. The second-order valence-electron chi connectivity index (χ2n) is 4.83. The van der Waals surface area contributed by atoms with Gasteiger partial charge in [-0.2, -0.15) is 5.26 Å². The molecular formula is C13H15N3O4S. The predicted molar refractivity (Wildman–Crippen MR) is 76.8 cm³/mol. The van der Waals surface area contributed by atoms with Gasteiger partial charge in [0.25, 0.3) is 0 Å². The fraction of sp³-hybridized carbons (Fsp3) is 0.462. The number of ether oxygens (including phenoxy) is 1. The number of nitrogens with one attached hydrogen (secondary N) is 2. The molecule has 1 aliphatic heterocycles. The van der Waals surface area contributed by atoms with E-state index in [1.54, 1.807) is 19.9 Å². The van der Waals surface area contributed by atoms with Gasteiger partial charge in [-0.25, -0.2) is 4.79 Å². The number of methoxy groups -OCH3 is 1. The zero-order valence-corrected chi connectivity index (χ0v) is 12.7. The topological polar surface area (TPSA) is 108 Å². The van der Waals surface area contributed by atoms with Gasteiger partial charge in [0.2, 0.25) is 5.91 Å². The van der Waals surface area contributed by atoms with E-state index in [-0.39, 0.29) is 5.11 Å². The number of rotatable bonds is 4. The van der Waals surface area contributed by atoms with E-state index in [4.69, 9.17) is 12.2 Å². The van der Waals surface area contributed by atoms with Crippen LogP contribution in [0.4, 0.5) is 0 Å². The summed E-state index contributed by atoms with van der Waals surface area (Å²) in [4.78, 5) is 36.0. The van der Waals surface area contributed by atoms with Gasteiger partial charge in [0.05, 0.1) is 13.2 Å². The van der Waals surface area contributed by atoms with E-state index >= 15 is 0 Å². The smallest absolute Gasteiger partial charge is 0.334 e. The zero-order valence-electron chi connectivity index (χ0n) is 11.9. The molecule has 0 aromatic carbocycles. The third-order valence-corrected chi connectivity index (χ3v) is 3.11. The quantitative estimate of drug-likeness (QED) is 0.426. The maximum atomic E-state index is 12.1. The molecule has 1 fully saturated rings. The van der Waals surface area contributed by atoms with Gasteiger partial charge in [0.15, 0.2) is 22.4 Å². The Morgan fingerprint density at radius 2 is 2.14 bits per heavy atom. The lowest BCUT2D eigenvalue weighted by Crippen LogP contribution is -2.70. The number of ketones is 1. The molecule has 0 bridgehead atoms. The molecule has 0 aliphatic carbocycles. The fourth-order valence-electron chi connectivity index (χ4n) is 2.10. The van der Waals surface area contributed by atoms with Crippen molar-refractivity contribution >= 4 is 35.0 Å². The van der Waals surface area contributed by atoms with Crippen molar-refractivity contribution in [3.8, 4) is 6.07 Å². The van der Waals surface area contributed by atoms with Gasteiger partial charge in [-0.3, -0.25) is 9.59 Å². The first-order valence-electron chi connectivity index (χ1n) is 6.05. The van der Waals surface area contributed by atoms with Crippen LogP contribution >= 0.6 is 12.2 Å². The van der Waals surface area contributed by atoms with Crippen molar-refractivity contribution in [3.05, 3.63) is 11.6 Å². The number of allylic oxidation sites excluding steroid dienone is 2. The average Bonchev–Trinajstić information content (AvgIpc) is 2.35. The number of hydrogen-bond donors (Lipinski definition) is 2. The number of carbonyl (C=O) groups is 3. The maximum absolute atomic E-state index is 12.1. The van der Waals surface area contributed by atoms with E-state index in [0.717, 1.165) is 12.7 Å². The Kier molecular flexibility index (Phi) is 5.16. The molecule has 7 nitrogen and oxygen atoms in total. The van der Waals surface area contributed by atoms with E-state index < -0.39 is 35.5 Å². The SMILES string of the molecule is COC(=O)C1(CC(=O)C=C(C)C)NC(=S)NC(=O)C1C#N. The highest BCUT2D eigenvalue weighted by Gasteiger charge is 2.55. The van der Waals surface area contributed by atoms with Gasteiger partial charge in [-0.05, 0) is 32.1 Å². The normalized spacial score (nSPS) is 24.2. The second-order valence-corrected chi connectivity index (χ2v) is 5.24. The van der Waals surface area contributed by atoms with Crippen molar-refractivity contribution < 1.29 is 19.1 Å². The summed E-state index contributed by atoms with van der Waals surface area (Å²) in [6.07, 6.45) is 0.924. The van der Waals surface area contributed by atoms with Crippen molar-refractivity contribution in [2.75, 3.05) is 7.11 Å². The Hall–Kier alpha value is -2.27. The highest BCUT2D eigenvalue weighted by Crippen LogP contribution is 2.27. The summed E-state index contributed by atoms with van der Waals surface area (Å²) in [6.45, 7) is 3.44. The van der Waals surface area contributed by atoms with Crippen molar-refractivity contribution in [1.82, 2.24) is 10.6 Å². The standard InChI is InChI=1S/C13H15N3O4S/c1-7(2)4-8(17)5-13(11(19)20-3)9(6-14)10(18)15-12(21)16-13/h4,9H,5H2,1-3H3,(H2,15,16,18,21). The van der Waals surface area contributed by atoms with Crippen LogP contribution in [0.1, 0.15) is 20.3 Å². The summed E-state index contributed by atoms with van der Waals surface area (Å²) in [5, 5.41) is 13.9. The summed E-state index contributed by atoms with van der Waals surface area (Å²) in [7, 11) is 1.11. The molecule has 112 valence electrons. The summed E-state index contributed by atoms with van der Waals surface area (Å²) in [6, 6.07) is 1.73. The molecule has 0 aromatic heterocycles. The minimum Gasteiger partial charge on any atom is -0.467 e. The number of carbonyl (C=O) groups excluding carboxylic acids is 3. The molecular weight excluding hydrogens is 294 g/mol. The lowest BCUT2D eigenvalue weighted by molar-refractivity contribution is -0.154. The van der Waals surface area contributed by atoms with Gasteiger partial charge in [0, 0.05) is 6.42 Å². The minimum atomic E-state index is -1.81. The molecule has 2 unspecified atom stereocenters. The average molecular weight is 309 g/mol. The Morgan fingerprint density at radius 1 is 1.52 bits per heavy atom. The molecule has 2 N–H and O–H groups in total.